The van der Waals surface area contributed by atoms with Crippen molar-refractivity contribution in [2.24, 2.45) is 0 Å². The Morgan fingerprint density at radius 3 is 2.90 bits per heavy atom. The first kappa shape index (κ1) is 13.5. The van der Waals surface area contributed by atoms with Crippen molar-refractivity contribution in [3.63, 3.8) is 0 Å². The highest BCUT2D eigenvalue weighted by atomic mass is 16.5. The fourth-order valence-electron chi connectivity index (χ4n) is 2.78. The third kappa shape index (κ3) is 2.19. The van der Waals surface area contributed by atoms with E-state index in [1.165, 1.54) is 7.11 Å². The van der Waals surface area contributed by atoms with Gasteiger partial charge in [0.05, 0.1) is 12.8 Å². The molecule has 1 N–H and O–H groups in total. The average Bonchev–Trinajstić information content (AvgIpc) is 2.94. The third-order valence-corrected chi connectivity index (χ3v) is 4.01. The lowest BCUT2D eigenvalue weighted by Gasteiger charge is -2.32. The summed E-state index contributed by atoms with van der Waals surface area (Å²) >= 11 is 0. The SMILES string of the molecule is COC(=O)c1nc(C2(C)CCCCO2)nc2c1CNC2. The summed E-state index contributed by atoms with van der Waals surface area (Å²) in [6.45, 7) is 3.97. The second-order valence-corrected chi connectivity index (χ2v) is 5.45. The molecule has 1 aromatic heterocycles. The van der Waals surface area contributed by atoms with E-state index in [-0.39, 0.29) is 0 Å². The minimum Gasteiger partial charge on any atom is -0.464 e. The molecule has 3 rings (SSSR count). The number of hydrogen-bond donors (Lipinski definition) is 1. The predicted octanol–water partition coefficient (Wildman–Crippen LogP) is 1.28. The van der Waals surface area contributed by atoms with Crippen molar-refractivity contribution in [2.75, 3.05) is 13.7 Å². The lowest BCUT2D eigenvalue weighted by Crippen LogP contribution is -2.33. The molecule has 1 unspecified atom stereocenters. The van der Waals surface area contributed by atoms with Gasteiger partial charge in [0.25, 0.3) is 0 Å². The Bertz CT molecular complexity index is 539. The summed E-state index contributed by atoms with van der Waals surface area (Å²) in [5.41, 5.74) is 1.59. The van der Waals surface area contributed by atoms with E-state index < -0.39 is 11.6 Å². The minimum atomic E-state index is -0.501. The molecule has 6 nitrogen and oxygen atoms in total. The molecule has 1 atom stereocenters. The molecular weight excluding hydrogens is 258 g/mol. The van der Waals surface area contributed by atoms with Crippen LogP contribution in [0.15, 0.2) is 0 Å². The van der Waals surface area contributed by atoms with Gasteiger partial charge in [0.15, 0.2) is 11.5 Å². The number of hydrogen-bond acceptors (Lipinski definition) is 6. The summed E-state index contributed by atoms with van der Waals surface area (Å²) in [5, 5.41) is 3.20. The number of nitrogens with one attached hydrogen (secondary N) is 1. The number of rotatable bonds is 2. The van der Waals surface area contributed by atoms with Crippen LogP contribution < -0.4 is 5.32 Å². The smallest absolute Gasteiger partial charge is 0.357 e. The highest BCUT2D eigenvalue weighted by molar-refractivity contribution is 5.89. The Kier molecular flexibility index (Phi) is 3.43. The van der Waals surface area contributed by atoms with E-state index >= 15 is 0 Å². The number of esters is 1. The predicted molar refractivity (Wildman–Crippen MR) is 71.1 cm³/mol. The van der Waals surface area contributed by atoms with Crippen LogP contribution in [0, 0.1) is 0 Å². The van der Waals surface area contributed by atoms with Gasteiger partial charge in [-0.25, -0.2) is 14.8 Å². The summed E-state index contributed by atoms with van der Waals surface area (Å²) in [4.78, 5) is 21.0. The fourth-order valence-corrected chi connectivity index (χ4v) is 2.78. The quantitative estimate of drug-likeness (QED) is 0.821. The molecule has 20 heavy (non-hydrogen) atoms. The number of nitrogens with zero attached hydrogens (tertiary/aromatic N) is 2. The zero-order valence-corrected chi connectivity index (χ0v) is 11.9. The van der Waals surface area contributed by atoms with Gasteiger partial charge in [-0.1, -0.05) is 0 Å². The van der Waals surface area contributed by atoms with Crippen molar-refractivity contribution >= 4 is 5.97 Å². The van der Waals surface area contributed by atoms with E-state index in [1.54, 1.807) is 0 Å². The van der Waals surface area contributed by atoms with Crippen LogP contribution in [0.1, 0.15) is 53.8 Å². The number of carbonyl (C=O) groups excluding carboxylic acids is 1. The van der Waals surface area contributed by atoms with Gasteiger partial charge >= 0.3 is 5.97 Å². The molecule has 0 saturated carbocycles. The fraction of sp³-hybridized carbons (Fsp3) is 0.643. The molecule has 1 saturated heterocycles. The third-order valence-electron chi connectivity index (χ3n) is 4.01. The minimum absolute atomic E-state index is 0.368. The van der Waals surface area contributed by atoms with E-state index in [0.29, 0.717) is 31.2 Å². The van der Waals surface area contributed by atoms with Crippen molar-refractivity contribution in [3.8, 4) is 0 Å². The second kappa shape index (κ2) is 5.10. The molecule has 0 aliphatic carbocycles. The summed E-state index contributed by atoms with van der Waals surface area (Å²) < 4.78 is 10.7. The molecule has 1 aromatic rings. The van der Waals surface area contributed by atoms with Crippen LogP contribution in [0.3, 0.4) is 0 Å². The van der Waals surface area contributed by atoms with Crippen molar-refractivity contribution < 1.29 is 14.3 Å². The van der Waals surface area contributed by atoms with Crippen LogP contribution in [0.25, 0.3) is 0 Å². The highest BCUT2D eigenvalue weighted by Gasteiger charge is 2.36. The van der Waals surface area contributed by atoms with E-state index in [4.69, 9.17) is 9.47 Å². The lowest BCUT2D eigenvalue weighted by atomic mass is 9.94. The summed E-state index contributed by atoms with van der Waals surface area (Å²) in [7, 11) is 1.37. The van der Waals surface area contributed by atoms with Gasteiger partial charge < -0.3 is 14.8 Å². The van der Waals surface area contributed by atoms with Crippen molar-refractivity contribution in [3.05, 3.63) is 22.8 Å². The van der Waals surface area contributed by atoms with Gasteiger partial charge in [0.2, 0.25) is 0 Å². The molecule has 2 aliphatic heterocycles. The number of ether oxygens (including phenoxy) is 2. The zero-order chi connectivity index (χ0) is 14.2. The molecule has 0 bridgehead atoms. The molecular formula is C14H19N3O3. The molecule has 0 spiro atoms. The molecule has 0 aromatic carbocycles. The Hall–Kier alpha value is -1.53. The summed E-state index contributed by atoms with van der Waals surface area (Å²) in [6.07, 6.45) is 3.02. The molecule has 0 amide bonds. The monoisotopic (exact) mass is 277 g/mol. The first-order valence-electron chi connectivity index (χ1n) is 6.97. The normalized spacial score (nSPS) is 25.3. The Morgan fingerprint density at radius 1 is 1.35 bits per heavy atom. The first-order valence-corrected chi connectivity index (χ1v) is 6.97. The van der Waals surface area contributed by atoms with E-state index in [2.05, 4.69) is 15.3 Å². The Morgan fingerprint density at radius 2 is 2.20 bits per heavy atom. The van der Waals surface area contributed by atoms with Crippen molar-refractivity contribution in [1.29, 1.82) is 0 Å². The standard InChI is InChI=1S/C14H19N3O3/c1-14(5-3-4-6-20-14)13-16-10-8-15-7-9(10)11(17-13)12(18)19-2/h15H,3-8H2,1-2H3. The number of carbonyl (C=O) groups is 1. The number of aromatic nitrogens is 2. The molecule has 6 heteroatoms. The molecule has 1 fully saturated rings. The van der Waals surface area contributed by atoms with Crippen LogP contribution in [-0.2, 0) is 28.2 Å². The maximum Gasteiger partial charge on any atom is 0.357 e. The van der Waals surface area contributed by atoms with Gasteiger partial charge in [-0.2, -0.15) is 0 Å². The Labute approximate surface area is 117 Å². The van der Waals surface area contributed by atoms with Crippen LogP contribution in [0.4, 0.5) is 0 Å². The van der Waals surface area contributed by atoms with Crippen molar-refractivity contribution in [1.82, 2.24) is 15.3 Å². The topological polar surface area (TPSA) is 73.3 Å². The summed E-state index contributed by atoms with van der Waals surface area (Å²) in [6, 6.07) is 0. The maximum absolute atomic E-state index is 11.9. The van der Waals surface area contributed by atoms with E-state index in [0.717, 1.165) is 30.5 Å². The first-order chi connectivity index (χ1) is 9.64. The van der Waals surface area contributed by atoms with Crippen LogP contribution in [0.5, 0.6) is 0 Å². The van der Waals surface area contributed by atoms with Gasteiger partial charge in [-0.3, -0.25) is 0 Å². The lowest BCUT2D eigenvalue weighted by molar-refractivity contribution is -0.0762. The second-order valence-electron chi connectivity index (χ2n) is 5.45. The molecule has 0 radical (unpaired) electrons. The largest absolute Gasteiger partial charge is 0.464 e. The van der Waals surface area contributed by atoms with Gasteiger partial charge in [-0.05, 0) is 26.2 Å². The van der Waals surface area contributed by atoms with Crippen LogP contribution >= 0.6 is 0 Å². The summed E-state index contributed by atoms with van der Waals surface area (Å²) in [5.74, 6) is 0.188. The number of methoxy groups -OCH3 is 1. The van der Waals surface area contributed by atoms with Gasteiger partial charge in [-0.15, -0.1) is 0 Å². The molecule has 108 valence electrons. The average molecular weight is 277 g/mol. The van der Waals surface area contributed by atoms with Gasteiger partial charge in [0, 0.05) is 25.3 Å². The maximum atomic E-state index is 11.9. The van der Waals surface area contributed by atoms with E-state index in [9.17, 15) is 4.79 Å². The van der Waals surface area contributed by atoms with Crippen molar-refractivity contribution in [2.45, 2.75) is 44.9 Å². The Balaban J connectivity index is 2.06. The van der Waals surface area contributed by atoms with Crippen LogP contribution in [-0.4, -0.2) is 29.7 Å². The molecule has 3 heterocycles. The number of fused-ring (bicyclic) bond motifs is 1. The molecule has 2 aliphatic rings. The van der Waals surface area contributed by atoms with Gasteiger partial charge in [0.1, 0.15) is 5.60 Å². The van der Waals surface area contributed by atoms with Crippen LogP contribution in [0.2, 0.25) is 0 Å². The van der Waals surface area contributed by atoms with E-state index in [1.807, 2.05) is 6.92 Å². The zero-order valence-electron chi connectivity index (χ0n) is 11.9. The highest BCUT2D eigenvalue weighted by Crippen LogP contribution is 2.33.